The van der Waals surface area contributed by atoms with Crippen molar-refractivity contribution in [2.45, 2.75) is 75.1 Å². The van der Waals surface area contributed by atoms with E-state index in [1.807, 2.05) is 18.2 Å². The maximum absolute atomic E-state index is 13.1. The van der Waals surface area contributed by atoms with Crippen molar-refractivity contribution in [3.63, 3.8) is 0 Å². The number of para-hydroxylation sites is 1. The number of amides is 1. The SMILES string of the molecule is CC(C)(CC(=O)CCN(CCO)c1nc(Cc2ccccc2)nc(Cc2ccc(/C=C/c3ccc(Nc4nc(Nc5ccccc5)nc(N(CCO)CCC(=O)NC(C)(C)CS(=O)(=O)[O-])n4)cc3S(=O)(=O)[O-])c(S(=O)(=O)[O-])c2)n1)CS(=O)(=O)[O-].[Na+].[Na+].[Na+].[Na+]. The summed E-state index contributed by atoms with van der Waals surface area (Å²) in [7, 11) is -19.9. The number of Topliss-reactive ketones (excluding diaryl/α,β-unsaturated/α-hetero) is 1. The number of hydrogen-bond donors (Lipinski definition) is 5. The summed E-state index contributed by atoms with van der Waals surface area (Å²) in [5, 5.41) is 28.4. The average molecular weight is 1330 g/mol. The van der Waals surface area contributed by atoms with E-state index in [2.05, 4.69) is 45.9 Å². The van der Waals surface area contributed by atoms with Crippen LogP contribution in [0.4, 0.5) is 35.2 Å². The number of nitrogens with zero attached hydrogens (tertiary/aromatic N) is 8. The van der Waals surface area contributed by atoms with Crippen LogP contribution in [0.3, 0.4) is 0 Å². The first-order chi connectivity index (χ1) is 39.2. The normalized spacial score (nSPS) is 11.9. The summed E-state index contributed by atoms with van der Waals surface area (Å²) in [6, 6.07) is 25.1. The summed E-state index contributed by atoms with van der Waals surface area (Å²) >= 11 is 0. The molecule has 452 valence electrons. The van der Waals surface area contributed by atoms with Crippen molar-refractivity contribution in [3.8, 4) is 0 Å². The Bertz CT molecular complexity index is 3580. The molecule has 6 aromatic rings. The molecule has 0 saturated heterocycles. The van der Waals surface area contributed by atoms with Crippen LogP contribution in [0.25, 0.3) is 12.2 Å². The predicted octanol–water partition coefficient (Wildman–Crippen LogP) is -8.93. The number of nitrogens with one attached hydrogen (secondary N) is 3. The van der Waals surface area contributed by atoms with Gasteiger partial charge in [-0.3, -0.25) is 9.59 Å². The molecule has 0 atom stereocenters. The van der Waals surface area contributed by atoms with Crippen LogP contribution in [0.1, 0.15) is 80.9 Å². The third-order valence-corrected chi connectivity index (χ3v) is 16.1. The summed E-state index contributed by atoms with van der Waals surface area (Å²) in [6.45, 7) is 4.50. The fraction of sp³-hybridized carbons (Fsp3) is 0.358. The van der Waals surface area contributed by atoms with E-state index in [-0.39, 0.29) is 240 Å². The first-order valence-corrected chi connectivity index (χ1v) is 31.6. The smallest absolute Gasteiger partial charge is 0.748 e. The number of hydrogen-bond acceptors (Lipinski definition) is 26. The maximum atomic E-state index is 13.1. The van der Waals surface area contributed by atoms with Gasteiger partial charge in [0.2, 0.25) is 29.7 Å². The van der Waals surface area contributed by atoms with Gasteiger partial charge < -0.3 is 54.2 Å². The molecule has 0 spiro atoms. The number of aliphatic hydroxyl groups excluding tert-OH is 2. The van der Waals surface area contributed by atoms with Crippen LogP contribution in [-0.4, -0.2) is 160 Å². The Morgan fingerprint density at radius 2 is 1.00 bits per heavy atom. The van der Waals surface area contributed by atoms with Gasteiger partial charge in [0, 0.05) is 80.9 Å². The van der Waals surface area contributed by atoms with E-state index in [4.69, 9.17) is 0 Å². The monoisotopic (exact) mass is 1330 g/mol. The Balaban J connectivity index is 0.00000660. The van der Waals surface area contributed by atoms with Crippen molar-refractivity contribution < 1.29 is 190 Å². The van der Waals surface area contributed by atoms with E-state index in [0.29, 0.717) is 5.69 Å². The molecule has 0 unspecified atom stereocenters. The van der Waals surface area contributed by atoms with Gasteiger partial charge in [0.05, 0.1) is 49.0 Å². The van der Waals surface area contributed by atoms with E-state index < -0.39 is 91.8 Å². The maximum Gasteiger partial charge on any atom is 1.00 e. The third-order valence-electron chi connectivity index (χ3n) is 12.1. The van der Waals surface area contributed by atoms with E-state index in [1.165, 1.54) is 61.8 Å². The average Bonchev–Trinajstić information content (AvgIpc) is 1.48. The van der Waals surface area contributed by atoms with Crippen LogP contribution < -0.4 is 144 Å². The van der Waals surface area contributed by atoms with Gasteiger partial charge in [-0.1, -0.05) is 92.7 Å². The first-order valence-electron chi connectivity index (χ1n) is 25.7. The van der Waals surface area contributed by atoms with Crippen molar-refractivity contribution >= 4 is 99.5 Å². The van der Waals surface area contributed by atoms with Crippen molar-refractivity contribution in [1.82, 2.24) is 35.2 Å². The molecular weight excluding hydrogens is 1270 g/mol. The molecule has 2 heterocycles. The molecule has 0 radical (unpaired) electrons. The second kappa shape index (κ2) is 35.5. The molecule has 0 bridgehead atoms. The standard InChI is InChI=1S/C53H65N11O16S4.4Na/c1-52(2,34-81(69,70)71)33-42(67)21-23-63(25-27-65)50-57-45(30-36-11-7-5-8-12-36)56-46(58-50)31-37-15-16-38(43(29-37)83(75,76)77)17-18-39-19-20-41(32-44(39)84(78,79)80)55-49-59-48(54-40-13-9-6-10-14-40)60-51(61-49)64(26-28-66)24-22-47(68)62-53(3,4)35-82(72,73)74;;;;/h5-20,29,32,65-66H,21-28,30-31,33-35H2,1-4H3,(H,62,68)(H,69,70,71)(H,72,73,74)(H,75,76,77)(H,78,79,80)(H2,54,55,59,60,61);;;;/q;4*+1/p-4/b18-17+;;;;. The molecule has 27 nitrogen and oxygen atoms in total. The van der Waals surface area contributed by atoms with Gasteiger partial charge >= 0.3 is 118 Å². The first kappa shape index (κ1) is 80.6. The zero-order valence-electron chi connectivity index (χ0n) is 49.9. The minimum absolute atomic E-state index is 0. The van der Waals surface area contributed by atoms with Crippen LogP contribution >= 0.6 is 0 Å². The van der Waals surface area contributed by atoms with E-state index in [9.17, 15) is 71.7 Å². The van der Waals surface area contributed by atoms with Gasteiger partial charge in [-0.15, -0.1) is 0 Å². The number of ketones is 1. The zero-order valence-corrected chi connectivity index (χ0v) is 61.2. The second-order valence-corrected chi connectivity index (χ2v) is 26.2. The second-order valence-electron chi connectivity index (χ2n) is 20.7. The van der Waals surface area contributed by atoms with Gasteiger partial charge in [-0.25, -0.2) is 38.7 Å². The Hall–Kier alpha value is -3.46. The molecule has 0 aliphatic carbocycles. The largest absolute Gasteiger partial charge is 1.00 e. The minimum Gasteiger partial charge on any atom is -0.748 e. The quantitative estimate of drug-likeness (QED) is 0.0153. The molecule has 5 N–H and O–H groups in total. The number of anilines is 6. The molecule has 35 heteroatoms. The van der Waals surface area contributed by atoms with Crippen LogP contribution in [0, 0.1) is 5.41 Å². The Labute approximate surface area is 600 Å². The molecule has 0 aliphatic rings. The predicted molar refractivity (Wildman–Crippen MR) is 305 cm³/mol. The van der Waals surface area contributed by atoms with Gasteiger partial charge in [-0.05, 0) is 71.8 Å². The Morgan fingerprint density at radius 3 is 1.51 bits per heavy atom. The number of aliphatic hydroxyl groups is 2. The fourth-order valence-corrected chi connectivity index (χ4v) is 12.2. The van der Waals surface area contributed by atoms with Gasteiger partial charge in [0.15, 0.2) is 0 Å². The van der Waals surface area contributed by atoms with Crippen molar-refractivity contribution in [3.05, 3.63) is 131 Å². The van der Waals surface area contributed by atoms with Crippen LogP contribution in [0.2, 0.25) is 0 Å². The zero-order chi connectivity index (χ0) is 61.7. The van der Waals surface area contributed by atoms with Crippen molar-refractivity contribution in [1.29, 1.82) is 0 Å². The van der Waals surface area contributed by atoms with Crippen molar-refractivity contribution in [2.24, 2.45) is 5.41 Å². The molecule has 1 amide bonds. The summed E-state index contributed by atoms with van der Waals surface area (Å²) in [4.78, 5) is 54.5. The van der Waals surface area contributed by atoms with Crippen molar-refractivity contribution in [2.75, 3.05) is 71.3 Å². The summed E-state index contributed by atoms with van der Waals surface area (Å²) < 4.78 is 146. The third kappa shape index (κ3) is 27.4. The van der Waals surface area contributed by atoms with E-state index in [1.54, 1.807) is 42.5 Å². The molecule has 0 saturated carbocycles. The molecule has 88 heavy (non-hydrogen) atoms. The van der Waals surface area contributed by atoms with E-state index >= 15 is 0 Å². The fourth-order valence-electron chi connectivity index (χ4n) is 8.73. The molecular formula is C53H61N11Na4O16S4. The van der Waals surface area contributed by atoms with Crippen LogP contribution in [-0.2, 0) is 62.9 Å². The molecule has 4 aromatic carbocycles. The van der Waals surface area contributed by atoms with Gasteiger partial charge in [0.1, 0.15) is 37.7 Å². The Morgan fingerprint density at radius 1 is 0.534 bits per heavy atom. The number of carbonyl (C=O) groups is 2. The Kier molecular flexibility index (Phi) is 32.6. The summed E-state index contributed by atoms with van der Waals surface area (Å²) in [5.74, 6) is -2.63. The summed E-state index contributed by atoms with van der Waals surface area (Å²) in [6.07, 6.45) is 1.61. The van der Waals surface area contributed by atoms with Gasteiger partial charge in [0.25, 0.3) is 0 Å². The topological polar surface area (TPSA) is 423 Å². The molecule has 6 rings (SSSR count). The summed E-state index contributed by atoms with van der Waals surface area (Å²) in [5.41, 5.74) is -1.46. The van der Waals surface area contributed by atoms with Crippen LogP contribution in [0.15, 0.2) is 107 Å². The molecule has 0 fully saturated rings. The number of benzene rings is 4. The molecule has 2 aromatic heterocycles. The van der Waals surface area contributed by atoms with Gasteiger partial charge in [-0.2, -0.15) is 24.9 Å². The minimum atomic E-state index is -5.30. The number of carbonyl (C=O) groups excluding carboxylic acids is 2. The van der Waals surface area contributed by atoms with Crippen LogP contribution in [0.5, 0.6) is 0 Å². The molecule has 0 aliphatic heterocycles. The number of rotatable bonds is 31. The van der Waals surface area contributed by atoms with E-state index in [0.717, 1.165) is 29.8 Å². The number of aromatic nitrogens is 6.